The van der Waals surface area contributed by atoms with Crippen LogP contribution in [-0.2, 0) is 10.2 Å². The molecule has 0 atom stereocenters. The van der Waals surface area contributed by atoms with Crippen LogP contribution in [0.4, 0.5) is 0 Å². The van der Waals surface area contributed by atoms with Crippen molar-refractivity contribution in [3.05, 3.63) is 35.4 Å². The van der Waals surface area contributed by atoms with E-state index >= 15 is 0 Å². The highest BCUT2D eigenvalue weighted by Crippen LogP contribution is 2.33. The first-order valence-electron chi connectivity index (χ1n) is 7.31. The van der Waals surface area contributed by atoms with Crippen molar-refractivity contribution >= 4 is 31.9 Å². The summed E-state index contributed by atoms with van der Waals surface area (Å²) in [5.74, 6) is 0.712. The number of hydrogen-bond donors (Lipinski definition) is 0. The highest BCUT2D eigenvalue weighted by Gasteiger charge is 2.29. The maximum absolute atomic E-state index is 5.81. The Morgan fingerprint density at radius 3 is 2.40 bits per heavy atom. The predicted octanol–water partition coefficient (Wildman–Crippen LogP) is 5.48. The van der Waals surface area contributed by atoms with Gasteiger partial charge in [0.05, 0.1) is 0 Å². The van der Waals surface area contributed by atoms with E-state index in [9.17, 15) is 0 Å². The molecule has 0 saturated carbocycles. The molecule has 1 aromatic rings. The van der Waals surface area contributed by atoms with Crippen LogP contribution in [0.1, 0.15) is 37.8 Å². The summed E-state index contributed by atoms with van der Waals surface area (Å²) in [5, 5.41) is 1.89. The Morgan fingerprint density at radius 1 is 1.15 bits per heavy atom. The molecule has 0 amide bonds. The van der Waals surface area contributed by atoms with Gasteiger partial charge in [0.25, 0.3) is 0 Å². The minimum atomic E-state index is 0.115. The van der Waals surface area contributed by atoms with Crippen LogP contribution >= 0.6 is 31.9 Å². The van der Waals surface area contributed by atoms with E-state index in [-0.39, 0.29) is 5.41 Å². The van der Waals surface area contributed by atoms with Gasteiger partial charge in [0.1, 0.15) is 0 Å². The van der Waals surface area contributed by atoms with Crippen LogP contribution in [0.3, 0.4) is 0 Å². The van der Waals surface area contributed by atoms with E-state index in [0.717, 1.165) is 36.7 Å². The van der Waals surface area contributed by atoms with E-state index in [4.69, 9.17) is 4.74 Å². The van der Waals surface area contributed by atoms with Gasteiger partial charge in [-0.15, -0.1) is 0 Å². The van der Waals surface area contributed by atoms with Gasteiger partial charge in [0, 0.05) is 29.3 Å². The molecule has 0 N–H and O–H groups in total. The fourth-order valence-corrected chi connectivity index (χ4v) is 4.27. The van der Waals surface area contributed by atoms with E-state index in [1.165, 1.54) is 11.1 Å². The Kier molecular flexibility index (Phi) is 8.38. The molecular weight excluding hydrogens is 380 g/mol. The van der Waals surface area contributed by atoms with Crippen LogP contribution < -0.4 is 0 Å². The summed E-state index contributed by atoms with van der Waals surface area (Å²) in [6.07, 6.45) is 2.17. The van der Waals surface area contributed by atoms with Crippen molar-refractivity contribution in [2.45, 2.75) is 39.0 Å². The first-order valence-corrected chi connectivity index (χ1v) is 9.55. The Labute approximate surface area is 140 Å². The number of halogens is 2. The minimum Gasteiger partial charge on any atom is -0.381 e. The highest BCUT2D eigenvalue weighted by atomic mass is 79.9. The first-order chi connectivity index (χ1) is 9.54. The summed E-state index contributed by atoms with van der Waals surface area (Å²) >= 11 is 7.40. The molecule has 0 aliphatic rings. The van der Waals surface area contributed by atoms with E-state index in [1.807, 2.05) is 0 Å². The number of hydrogen-bond acceptors (Lipinski definition) is 1. The lowest BCUT2D eigenvalue weighted by atomic mass is 9.81. The van der Waals surface area contributed by atoms with Gasteiger partial charge in [0.2, 0.25) is 0 Å². The van der Waals surface area contributed by atoms with Crippen LogP contribution in [0.15, 0.2) is 24.3 Å². The third-order valence-corrected chi connectivity index (χ3v) is 5.85. The molecule has 0 aromatic heterocycles. The Morgan fingerprint density at radius 2 is 1.85 bits per heavy atom. The second-order valence-electron chi connectivity index (χ2n) is 5.96. The fourth-order valence-electron chi connectivity index (χ4n) is 2.13. The van der Waals surface area contributed by atoms with Gasteiger partial charge in [-0.25, -0.2) is 0 Å². The van der Waals surface area contributed by atoms with Gasteiger partial charge >= 0.3 is 0 Å². The van der Waals surface area contributed by atoms with Gasteiger partial charge < -0.3 is 4.74 Å². The third kappa shape index (κ3) is 5.50. The van der Waals surface area contributed by atoms with Crippen LogP contribution in [0, 0.1) is 12.8 Å². The van der Waals surface area contributed by atoms with Crippen LogP contribution in [-0.4, -0.2) is 23.9 Å². The molecule has 0 heterocycles. The summed E-state index contributed by atoms with van der Waals surface area (Å²) in [6.45, 7) is 8.30. The largest absolute Gasteiger partial charge is 0.381 e. The van der Waals surface area contributed by atoms with Crippen molar-refractivity contribution in [2.24, 2.45) is 5.92 Å². The minimum absolute atomic E-state index is 0.115. The smallest absolute Gasteiger partial charge is 0.0475 e. The molecule has 0 unspecified atom stereocenters. The zero-order valence-electron chi connectivity index (χ0n) is 12.8. The molecule has 1 rings (SSSR count). The number of benzene rings is 1. The maximum Gasteiger partial charge on any atom is 0.0475 e. The van der Waals surface area contributed by atoms with E-state index in [1.54, 1.807) is 0 Å². The second-order valence-corrected chi connectivity index (χ2v) is 7.08. The van der Waals surface area contributed by atoms with Gasteiger partial charge in [0.15, 0.2) is 0 Å². The SMILES string of the molecule is Cc1cccc(C(CBr)(CBr)CCOCCC(C)C)c1. The normalized spacial score (nSPS) is 12.1. The van der Waals surface area contributed by atoms with Crippen molar-refractivity contribution in [1.82, 2.24) is 0 Å². The average Bonchev–Trinajstić information content (AvgIpc) is 2.43. The van der Waals surface area contributed by atoms with Crippen molar-refractivity contribution < 1.29 is 4.74 Å². The first kappa shape index (κ1) is 18.2. The van der Waals surface area contributed by atoms with Crippen molar-refractivity contribution in [2.75, 3.05) is 23.9 Å². The summed E-state index contributed by atoms with van der Waals surface area (Å²) < 4.78 is 5.81. The van der Waals surface area contributed by atoms with Gasteiger partial charge in [-0.05, 0) is 31.2 Å². The molecule has 0 radical (unpaired) electrons. The molecule has 0 fully saturated rings. The predicted molar refractivity (Wildman–Crippen MR) is 95.3 cm³/mol. The molecule has 0 bridgehead atoms. The van der Waals surface area contributed by atoms with Crippen molar-refractivity contribution in [3.63, 3.8) is 0 Å². The lowest BCUT2D eigenvalue weighted by molar-refractivity contribution is 0.110. The lowest BCUT2D eigenvalue weighted by Crippen LogP contribution is -2.32. The molecule has 20 heavy (non-hydrogen) atoms. The molecule has 0 aliphatic heterocycles. The van der Waals surface area contributed by atoms with Gasteiger partial charge in [-0.2, -0.15) is 0 Å². The maximum atomic E-state index is 5.81. The molecule has 0 spiro atoms. The Bertz CT molecular complexity index is 386. The second kappa shape index (κ2) is 9.22. The van der Waals surface area contributed by atoms with Gasteiger partial charge in [-0.3, -0.25) is 0 Å². The monoisotopic (exact) mass is 404 g/mol. The van der Waals surface area contributed by atoms with E-state index < -0.39 is 0 Å². The molecule has 0 aliphatic carbocycles. The lowest BCUT2D eigenvalue weighted by Gasteiger charge is -2.31. The molecule has 114 valence electrons. The Balaban J connectivity index is 2.63. The summed E-state index contributed by atoms with van der Waals surface area (Å²) in [4.78, 5) is 0. The third-order valence-electron chi connectivity index (χ3n) is 3.71. The fraction of sp³-hybridized carbons (Fsp3) is 0.647. The zero-order chi connectivity index (χ0) is 15.0. The molecule has 0 saturated heterocycles. The van der Waals surface area contributed by atoms with Crippen LogP contribution in [0.5, 0.6) is 0 Å². The standard InChI is InChI=1S/C17H26Br2O/c1-14(2)7-9-20-10-8-17(12-18,13-19)16-6-4-5-15(3)11-16/h4-6,11,14H,7-10,12-13H2,1-3H3. The van der Waals surface area contributed by atoms with Crippen molar-refractivity contribution in [1.29, 1.82) is 0 Å². The van der Waals surface area contributed by atoms with E-state index in [2.05, 4.69) is 76.9 Å². The summed E-state index contributed by atoms with van der Waals surface area (Å²) in [7, 11) is 0. The Hall–Kier alpha value is 0.140. The number of alkyl halides is 2. The highest BCUT2D eigenvalue weighted by molar-refractivity contribution is 9.09. The molecule has 3 heteroatoms. The van der Waals surface area contributed by atoms with Gasteiger partial charge in [-0.1, -0.05) is 75.5 Å². The quantitative estimate of drug-likeness (QED) is 0.390. The number of ether oxygens (including phenoxy) is 1. The summed E-state index contributed by atoms with van der Waals surface area (Å²) in [6, 6.07) is 8.81. The zero-order valence-corrected chi connectivity index (χ0v) is 16.0. The average molecular weight is 406 g/mol. The van der Waals surface area contributed by atoms with E-state index in [0.29, 0.717) is 5.92 Å². The number of aryl methyl sites for hydroxylation is 1. The topological polar surface area (TPSA) is 9.23 Å². The number of rotatable bonds is 9. The molecule has 1 aromatic carbocycles. The van der Waals surface area contributed by atoms with Crippen LogP contribution in [0.2, 0.25) is 0 Å². The van der Waals surface area contributed by atoms with Crippen molar-refractivity contribution in [3.8, 4) is 0 Å². The molecular formula is C17H26Br2O. The summed E-state index contributed by atoms with van der Waals surface area (Å²) in [5.41, 5.74) is 2.82. The molecule has 1 nitrogen and oxygen atoms in total. The van der Waals surface area contributed by atoms with Crippen LogP contribution in [0.25, 0.3) is 0 Å².